The van der Waals surface area contributed by atoms with Crippen molar-refractivity contribution in [1.82, 2.24) is 4.98 Å². The zero-order chi connectivity index (χ0) is 13.8. The molecule has 0 bridgehead atoms. The monoisotopic (exact) mass is 256 g/mol. The van der Waals surface area contributed by atoms with Crippen LogP contribution in [-0.4, -0.2) is 22.6 Å². The van der Waals surface area contributed by atoms with Crippen molar-refractivity contribution in [1.29, 1.82) is 0 Å². The van der Waals surface area contributed by atoms with Gasteiger partial charge in [0.2, 0.25) is 0 Å². The Balaban J connectivity index is 2.39. The van der Waals surface area contributed by atoms with Crippen LogP contribution >= 0.6 is 0 Å². The summed E-state index contributed by atoms with van der Waals surface area (Å²) in [5, 5.41) is 8.99. The first-order valence-corrected chi connectivity index (χ1v) is 6.16. The molecule has 0 amide bonds. The van der Waals surface area contributed by atoms with Crippen molar-refractivity contribution in [3.63, 3.8) is 0 Å². The fourth-order valence-corrected chi connectivity index (χ4v) is 1.89. The lowest BCUT2D eigenvalue weighted by atomic mass is 10.2. The number of hydrogen-bond acceptors (Lipinski definition) is 3. The first kappa shape index (κ1) is 13.1. The Kier molecular flexibility index (Phi) is 3.80. The molecule has 0 unspecified atom stereocenters. The van der Waals surface area contributed by atoms with E-state index in [-0.39, 0.29) is 5.69 Å². The molecular formula is C15H16N2O2. The second kappa shape index (κ2) is 5.52. The van der Waals surface area contributed by atoms with Gasteiger partial charge >= 0.3 is 5.97 Å². The van der Waals surface area contributed by atoms with E-state index in [2.05, 4.69) is 4.98 Å². The molecule has 2 rings (SSSR count). The number of carboxylic acid groups (broad SMARTS) is 1. The molecule has 0 aliphatic heterocycles. The van der Waals surface area contributed by atoms with Gasteiger partial charge in [-0.15, -0.1) is 0 Å². The summed E-state index contributed by atoms with van der Waals surface area (Å²) < 4.78 is 0. The first-order valence-electron chi connectivity index (χ1n) is 6.16. The Bertz CT molecular complexity index is 579. The highest BCUT2D eigenvalue weighted by molar-refractivity contribution is 5.86. The van der Waals surface area contributed by atoms with Crippen LogP contribution in [0.3, 0.4) is 0 Å². The van der Waals surface area contributed by atoms with E-state index in [9.17, 15) is 4.79 Å². The number of aryl methyl sites for hydroxylation is 1. The van der Waals surface area contributed by atoms with E-state index in [1.165, 1.54) is 11.6 Å². The van der Waals surface area contributed by atoms with Crippen molar-refractivity contribution in [2.24, 2.45) is 0 Å². The highest BCUT2D eigenvalue weighted by atomic mass is 16.4. The van der Waals surface area contributed by atoms with Crippen LogP contribution in [0.1, 0.15) is 23.0 Å². The summed E-state index contributed by atoms with van der Waals surface area (Å²) in [6.45, 7) is 4.76. The normalized spacial score (nSPS) is 10.2. The van der Waals surface area contributed by atoms with Crippen LogP contribution in [-0.2, 0) is 0 Å². The molecule has 1 aromatic carbocycles. The highest BCUT2D eigenvalue weighted by Gasteiger charge is 2.11. The third kappa shape index (κ3) is 2.91. The topological polar surface area (TPSA) is 53.4 Å². The number of carbonyl (C=O) groups is 1. The quantitative estimate of drug-likeness (QED) is 0.912. The number of aromatic carboxylic acids is 1. The molecule has 98 valence electrons. The lowest BCUT2D eigenvalue weighted by molar-refractivity contribution is 0.0690. The lowest BCUT2D eigenvalue weighted by Gasteiger charge is -2.22. The van der Waals surface area contributed by atoms with Crippen LogP contribution in [0.25, 0.3) is 0 Å². The predicted molar refractivity (Wildman–Crippen MR) is 75.1 cm³/mol. The average molecular weight is 256 g/mol. The van der Waals surface area contributed by atoms with Gasteiger partial charge in [0.15, 0.2) is 5.69 Å². The van der Waals surface area contributed by atoms with Gasteiger partial charge in [0.05, 0.1) is 0 Å². The van der Waals surface area contributed by atoms with Crippen LogP contribution in [0.15, 0.2) is 42.5 Å². The molecule has 2 aromatic rings. The Morgan fingerprint density at radius 1 is 1.21 bits per heavy atom. The molecule has 0 spiro atoms. The lowest BCUT2D eigenvalue weighted by Crippen LogP contribution is -2.18. The Labute approximate surface area is 112 Å². The van der Waals surface area contributed by atoms with Gasteiger partial charge < -0.3 is 10.0 Å². The SMILES string of the molecule is CCN(c1ccc(C)cc1)c1cccc(C(=O)O)n1. The minimum atomic E-state index is -1.01. The van der Waals surface area contributed by atoms with E-state index in [1.54, 1.807) is 6.07 Å². The maximum Gasteiger partial charge on any atom is 0.354 e. The minimum Gasteiger partial charge on any atom is -0.477 e. The van der Waals surface area contributed by atoms with Gasteiger partial charge in [-0.2, -0.15) is 0 Å². The summed E-state index contributed by atoms with van der Waals surface area (Å²) in [5.41, 5.74) is 2.25. The summed E-state index contributed by atoms with van der Waals surface area (Å²) in [7, 11) is 0. The standard InChI is InChI=1S/C15H16N2O2/c1-3-17(12-9-7-11(2)8-10-12)14-6-4-5-13(16-14)15(18)19/h4-10H,3H2,1-2H3,(H,18,19). The summed E-state index contributed by atoms with van der Waals surface area (Å²) in [4.78, 5) is 17.1. The first-order chi connectivity index (χ1) is 9.11. The maximum absolute atomic E-state index is 11.0. The zero-order valence-corrected chi connectivity index (χ0v) is 11.0. The number of pyridine rings is 1. The molecule has 1 N–H and O–H groups in total. The molecule has 19 heavy (non-hydrogen) atoms. The third-order valence-corrected chi connectivity index (χ3v) is 2.89. The third-order valence-electron chi connectivity index (χ3n) is 2.89. The van der Waals surface area contributed by atoms with E-state index >= 15 is 0 Å². The molecule has 4 nitrogen and oxygen atoms in total. The van der Waals surface area contributed by atoms with Crippen LogP contribution in [0.2, 0.25) is 0 Å². The van der Waals surface area contributed by atoms with Crippen LogP contribution in [0, 0.1) is 6.92 Å². The van der Waals surface area contributed by atoms with Gasteiger partial charge in [-0.05, 0) is 38.1 Å². The maximum atomic E-state index is 11.0. The van der Waals surface area contributed by atoms with Gasteiger partial charge in [-0.25, -0.2) is 9.78 Å². The van der Waals surface area contributed by atoms with E-state index in [0.29, 0.717) is 5.82 Å². The van der Waals surface area contributed by atoms with E-state index < -0.39 is 5.97 Å². The molecule has 0 aliphatic rings. The summed E-state index contributed by atoms with van der Waals surface area (Å²) in [5.74, 6) is -0.368. The molecule has 1 aromatic heterocycles. The van der Waals surface area contributed by atoms with Crippen LogP contribution in [0.4, 0.5) is 11.5 Å². The number of carboxylic acids is 1. The second-order valence-corrected chi connectivity index (χ2v) is 4.27. The molecule has 0 saturated carbocycles. The molecule has 0 atom stereocenters. The summed E-state index contributed by atoms with van der Waals surface area (Å²) in [6.07, 6.45) is 0. The Morgan fingerprint density at radius 2 is 1.89 bits per heavy atom. The van der Waals surface area contributed by atoms with Crippen molar-refractivity contribution in [3.8, 4) is 0 Å². The van der Waals surface area contributed by atoms with Crippen molar-refractivity contribution < 1.29 is 9.90 Å². The average Bonchev–Trinajstić information content (AvgIpc) is 2.42. The highest BCUT2D eigenvalue weighted by Crippen LogP contribution is 2.23. The molecule has 0 aliphatic carbocycles. The van der Waals surface area contributed by atoms with Crippen molar-refractivity contribution in [2.45, 2.75) is 13.8 Å². The molecule has 0 saturated heterocycles. The zero-order valence-electron chi connectivity index (χ0n) is 11.0. The van der Waals surface area contributed by atoms with Gasteiger partial charge in [0, 0.05) is 12.2 Å². The second-order valence-electron chi connectivity index (χ2n) is 4.27. The number of nitrogens with zero attached hydrogens (tertiary/aromatic N) is 2. The smallest absolute Gasteiger partial charge is 0.354 e. The summed E-state index contributed by atoms with van der Waals surface area (Å²) >= 11 is 0. The molecule has 4 heteroatoms. The largest absolute Gasteiger partial charge is 0.477 e. The van der Waals surface area contributed by atoms with E-state index in [0.717, 1.165) is 12.2 Å². The number of benzene rings is 1. The number of hydrogen-bond donors (Lipinski definition) is 1. The van der Waals surface area contributed by atoms with E-state index in [1.807, 2.05) is 49.1 Å². The van der Waals surface area contributed by atoms with Gasteiger partial charge in [-0.3, -0.25) is 0 Å². The predicted octanol–water partition coefficient (Wildman–Crippen LogP) is 3.25. The Hall–Kier alpha value is -2.36. The van der Waals surface area contributed by atoms with Crippen molar-refractivity contribution >= 4 is 17.5 Å². The fraction of sp³-hybridized carbons (Fsp3) is 0.200. The van der Waals surface area contributed by atoms with Gasteiger partial charge in [0.1, 0.15) is 5.82 Å². The molecular weight excluding hydrogens is 240 g/mol. The summed E-state index contributed by atoms with van der Waals surface area (Å²) in [6, 6.07) is 13.1. The number of rotatable bonds is 4. The Morgan fingerprint density at radius 3 is 2.47 bits per heavy atom. The van der Waals surface area contributed by atoms with Gasteiger partial charge in [0.25, 0.3) is 0 Å². The molecule has 0 fully saturated rings. The minimum absolute atomic E-state index is 0.0584. The van der Waals surface area contributed by atoms with Crippen LogP contribution < -0.4 is 4.90 Å². The van der Waals surface area contributed by atoms with Crippen LogP contribution in [0.5, 0.6) is 0 Å². The molecule has 0 radical (unpaired) electrons. The van der Waals surface area contributed by atoms with E-state index in [4.69, 9.17) is 5.11 Å². The molecule has 1 heterocycles. The van der Waals surface area contributed by atoms with Gasteiger partial charge in [-0.1, -0.05) is 23.8 Å². The number of anilines is 2. The fourth-order valence-electron chi connectivity index (χ4n) is 1.89. The number of aromatic nitrogens is 1. The van der Waals surface area contributed by atoms with Crippen molar-refractivity contribution in [3.05, 3.63) is 53.7 Å². The van der Waals surface area contributed by atoms with Crippen molar-refractivity contribution in [2.75, 3.05) is 11.4 Å².